The van der Waals surface area contributed by atoms with Crippen molar-refractivity contribution in [2.24, 2.45) is 0 Å². The minimum atomic E-state index is -0.474. The Morgan fingerprint density at radius 1 is 1.23 bits per heavy atom. The van der Waals surface area contributed by atoms with Crippen molar-refractivity contribution >= 4 is 17.4 Å². The molecule has 1 aromatic carbocycles. The summed E-state index contributed by atoms with van der Waals surface area (Å²) in [5.74, 6) is 0. The Labute approximate surface area is 136 Å². The third-order valence-electron chi connectivity index (χ3n) is 2.52. The first kappa shape index (κ1) is 18.2. The molecule has 0 atom stereocenters. The first-order valence-corrected chi connectivity index (χ1v) is 8.33. The second-order valence-electron chi connectivity index (χ2n) is 5.43. The van der Waals surface area contributed by atoms with E-state index in [0.717, 1.165) is 16.8 Å². The van der Waals surface area contributed by atoms with E-state index in [9.17, 15) is 4.79 Å². The van der Waals surface area contributed by atoms with Crippen LogP contribution in [0, 0.1) is 0 Å². The molecule has 0 radical (unpaired) electrons. The number of rotatable bonds is 3. The number of thiazole rings is 1. The van der Waals surface area contributed by atoms with Crippen LogP contribution in [0.4, 0.5) is 4.79 Å². The number of carbonyl (C=O) groups excluding carboxylic acids is 1. The Balaban J connectivity index is 0.00000116. The van der Waals surface area contributed by atoms with Crippen LogP contribution in [0.5, 0.6) is 0 Å². The number of aromatic nitrogens is 1. The average Bonchev–Trinajstić information content (AvgIpc) is 3.00. The molecule has 0 aliphatic heterocycles. The minimum Gasteiger partial charge on any atom is -0.444 e. The van der Waals surface area contributed by atoms with Gasteiger partial charge in [-0.1, -0.05) is 38.1 Å². The summed E-state index contributed by atoms with van der Waals surface area (Å²) in [7, 11) is 0. The lowest BCUT2D eigenvalue weighted by Gasteiger charge is -2.19. The molecule has 1 aromatic heterocycles. The van der Waals surface area contributed by atoms with Gasteiger partial charge in [-0.2, -0.15) is 0 Å². The van der Waals surface area contributed by atoms with Crippen LogP contribution in [-0.2, 0) is 11.3 Å². The molecule has 0 bridgehead atoms. The molecular formula is C17H24N2O2S. The van der Waals surface area contributed by atoms with E-state index in [-0.39, 0.29) is 0 Å². The average molecular weight is 320 g/mol. The molecule has 120 valence electrons. The van der Waals surface area contributed by atoms with Gasteiger partial charge in [0.1, 0.15) is 5.60 Å². The Morgan fingerprint density at radius 3 is 2.36 bits per heavy atom. The Hall–Kier alpha value is -1.88. The first-order valence-electron chi connectivity index (χ1n) is 7.38. The van der Waals surface area contributed by atoms with Crippen molar-refractivity contribution in [3.05, 3.63) is 40.7 Å². The molecule has 2 rings (SSSR count). The predicted molar refractivity (Wildman–Crippen MR) is 92.0 cm³/mol. The molecule has 0 aliphatic rings. The van der Waals surface area contributed by atoms with Crippen molar-refractivity contribution in [3.8, 4) is 11.3 Å². The Kier molecular flexibility index (Phi) is 7.05. The lowest BCUT2D eigenvalue weighted by molar-refractivity contribution is 0.0523. The normalized spacial score (nSPS) is 10.4. The van der Waals surface area contributed by atoms with Gasteiger partial charge in [0, 0.05) is 17.5 Å². The SMILES string of the molecule is CC.CC(C)(C)OC(=O)NCc1ccc(-c2cscn2)cc1. The Bertz CT molecular complexity index is 557. The molecule has 0 saturated heterocycles. The summed E-state index contributed by atoms with van der Waals surface area (Å²) in [5.41, 5.74) is 4.41. The van der Waals surface area contributed by atoms with Crippen LogP contribution in [0.2, 0.25) is 0 Å². The third-order valence-corrected chi connectivity index (χ3v) is 3.10. The van der Waals surface area contributed by atoms with Crippen LogP contribution in [0.15, 0.2) is 35.2 Å². The van der Waals surface area contributed by atoms with Crippen molar-refractivity contribution < 1.29 is 9.53 Å². The largest absolute Gasteiger partial charge is 0.444 e. The molecule has 1 N–H and O–H groups in total. The number of alkyl carbamates (subject to hydrolysis) is 1. The molecule has 0 spiro atoms. The van der Waals surface area contributed by atoms with Gasteiger partial charge in [-0.3, -0.25) is 0 Å². The van der Waals surface area contributed by atoms with Gasteiger partial charge >= 0.3 is 6.09 Å². The van der Waals surface area contributed by atoms with Gasteiger partial charge in [0.25, 0.3) is 0 Å². The highest BCUT2D eigenvalue weighted by atomic mass is 32.1. The fraction of sp³-hybridized carbons (Fsp3) is 0.412. The number of ether oxygens (including phenoxy) is 1. The fourth-order valence-electron chi connectivity index (χ4n) is 1.64. The van der Waals surface area contributed by atoms with Crippen molar-refractivity contribution in [2.45, 2.75) is 46.8 Å². The molecule has 2 aromatic rings. The van der Waals surface area contributed by atoms with Crippen LogP contribution in [0.25, 0.3) is 11.3 Å². The molecule has 1 heterocycles. The summed E-state index contributed by atoms with van der Waals surface area (Å²) in [6.07, 6.45) is -0.402. The number of benzene rings is 1. The van der Waals surface area contributed by atoms with E-state index >= 15 is 0 Å². The molecular weight excluding hydrogens is 296 g/mol. The smallest absolute Gasteiger partial charge is 0.407 e. The number of hydrogen-bond donors (Lipinski definition) is 1. The van der Waals surface area contributed by atoms with E-state index in [1.165, 1.54) is 0 Å². The number of carbonyl (C=O) groups is 1. The molecule has 22 heavy (non-hydrogen) atoms. The molecule has 0 fully saturated rings. The summed E-state index contributed by atoms with van der Waals surface area (Å²) >= 11 is 1.57. The zero-order valence-electron chi connectivity index (χ0n) is 13.8. The highest BCUT2D eigenvalue weighted by molar-refractivity contribution is 7.07. The summed E-state index contributed by atoms with van der Waals surface area (Å²) < 4.78 is 5.18. The Morgan fingerprint density at radius 2 is 1.86 bits per heavy atom. The highest BCUT2D eigenvalue weighted by Crippen LogP contribution is 2.19. The third kappa shape index (κ3) is 6.26. The lowest BCUT2D eigenvalue weighted by atomic mass is 10.1. The predicted octanol–water partition coefficient (Wildman–Crippen LogP) is 4.86. The monoisotopic (exact) mass is 320 g/mol. The molecule has 1 amide bonds. The number of hydrogen-bond acceptors (Lipinski definition) is 4. The van der Waals surface area contributed by atoms with Gasteiger partial charge in [-0.15, -0.1) is 11.3 Å². The minimum absolute atomic E-state index is 0.402. The molecule has 0 saturated carbocycles. The summed E-state index contributed by atoms with van der Waals surface area (Å²) in [6.45, 7) is 9.98. The zero-order chi connectivity index (χ0) is 16.6. The van der Waals surface area contributed by atoms with E-state index in [2.05, 4.69) is 10.3 Å². The van der Waals surface area contributed by atoms with Crippen molar-refractivity contribution in [1.82, 2.24) is 10.3 Å². The maximum atomic E-state index is 11.5. The van der Waals surface area contributed by atoms with Crippen molar-refractivity contribution in [3.63, 3.8) is 0 Å². The van der Waals surface area contributed by atoms with E-state index in [1.54, 1.807) is 11.3 Å². The van der Waals surface area contributed by atoms with Gasteiger partial charge in [0.05, 0.1) is 11.2 Å². The first-order chi connectivity index (χ1) is 10.4. The molecule has 5 heteroatoms. The summed E-state index contributed by atoms with van der Waals surface area (Å²) in [4.78, 5) is 15.8. The van der Waals surface area contributed by atoms with Crippen LogP contribution >= 0.6 is 11.3 Å². The fourth-order valence-corrected chi connectivity index (χ4v) is 2.20. The van der Waals surface area contributed by atoms with Crippen LogP contribution in [0.1, 0.15) is 40.2 Å². The quantitative estimate of drug-likeness (QED) is 0.878. The van der Waals surface area contributed by atoms with Gasteiger partial charge in [0.2, 0.25) is 0 Å². The van der Waals surface area contributed by atoms with E-state index < -0.39 is 11.7 Å². The van der Waals surface area contributed by atoms with E-state index in [0.29, 0.717) is 6.54 Å². The lowest BCUT2D eigenvalue weighted by Crippen LogP contribution is -2.32. The number of amides is 1. The number of nitrogens with zero attached hydrogens (tertiary/aromatic N) is 1. The molecule has 4 nitrogen and oxygen atoms in total. The maximum absolute atomic E-state index is 11.5. The number of nitrogens with one attached hydrogen (secondary N) is 1. The zero-order valence-corrected chi connectivity index (χ0v) is 14.7. The molecule has 0 aliphatic carbocycles. The van der Waals surface area contributed by atoms with Gasteiger partial charge in [-0.05, 0) is 26.3 Å². The second kappa shape index (κ2) is 8.54. The van der Waals surface area contributed by atoms with Gasteiger partial charge < -0.3 is 10.1 Å². The topological polar surface area (TPSA) is 51.2 Å². The standard InChI is InChI=1S/C15H18N2O2S.C2H6/c1-15(2,3)19-14(18)16-8-11-4-6-12(7-5-11)13-9-20-10-17-13;1-2/h4-7,9-10H,8H2,1-3H3,(H,16,18);1-2H3. The van der Waals surface area contributed by atoms with Crippen LogP contribution in [0.3, 0.4) is 0 Å². The van der Waals surface area contributed by atoms with Crippen LogP contribution in [-0.4, -0.2) is 16.7 Å². The maximum Gasteiger partial charge on any atom is 0.407 e. The van der Waals surface area contributed by atoms with Gasteiger partial charge in [-0.25, -0.2) is 9.78 Å². The second-order valence-corrected chi connectivity index (χ2v) is 6.14. The van der Waals surface area contributed by atoms with Crippen molar-refractivity contribution in [2.75, 3.05) is 0 Å². The highest BCUT2D eigenvalue weighted by Gasteiger charge is 2.15. The van der Waals surface area contributed by atoms with Crippen LogP contribution < -0.4 is 5.32 Å². The van der Waals surface area contributed by atoms with E-state index in [4.69, 9.17) is 4.74 Å². The summed E-state index contributed by atoms with van der Waals surface area (Å²) in [6, 6.07) is 7.96. The molecule has 0 unspecified atom stereocenters. The van der Waals surface area contributed by atoms with Gasteiger partial charge in [0.15, 0.2) is 0 Å². The summed E-state index contributed by atoms with van der Waals surface area (Å²) in [5, 5.41) is 4.74. The van der Waals surface area contributed by atoms with Crippen molar-refractivity contribution in [1.29, 1.82) is 0 Å². The van der Waals surface area contributed by atoms with E-state index in [1.807, 2.05) is 69.8 Å².